The molecule has 1 N–H and O–H groups in total. The highest BCUT2D eigenvalue weighted by atomic mass is 16.5. The van der Waals surface area contributed by atoms with Gasteiger partial charge in [-0.2, -0.15) is 0 Å². The maximum Gasteiger partial charge on any atom is 0.313 e. The Bertz CT molecular complexity index is 891. The Labute approximate surface area is 218 Å². The van der Waals surface area contributed by atoms with Gasteiger partial charge >= 0.3 is 5.97 Å². The number of aromatic nitrogens is 2. The number of benzene rings is 1. The number of hydrogen-bond acceptors (Lipinski definition) is 4. The van der Waals surface area contributed by atoms with Crippen LogP contribution in [0.4, 0.5) is 0 Å². The number of unbranched alkanes of at least 4 members (excludes halogenated alkanes) is 7. The minimum atomic E-state index is -0.874. The average Bonchev–Trinajstić information content (AvgIpc) is 3.42. The van der Waals surface area contributed by atoms with Gasteiger partial charge in [0.05, 0.1) is 24.4 Å². The lowest BCUT2D eigenvalue weighted by Crippen LogP contribution is -2.32. The Morgan fingerprint density at radius 3 is 2.25 bits per heavy atom. The van der Waals surface area contributed by atoms with Crippen LogP contribution in [-0.4, -0.2) is 27.7 Å². The molecule has 1 aliphatic rings. The number of carboxylic acid groups (broad SMARTS) is 1. The van der Waals surface area contributed by atoms with Crippen LogP contribution in [0.3, 0.4) is 0 Å². The predicted octanol–water partition coefficient (Wildman–Crippen LogP) is 8.37. The van der Waals surface area contributed by atoms with Crippen molar-refractivity contribution in [1.29, 1.82) is 0 Å². The van der Waals surface area contributed by atoms with Gasteiger partial charge in [-0.3, -0.25) is 4.79 Å². The van der Waals surface area contributed by atoms with E-state index in [1.54, 1.807) is 12.4 Å². The fraction of sp³-hybridized carbons (Fsp3) is 0.645. The van der Waals surface area contributed by atoms with Crippen molar-refractivity contribution in [2.75, 3.05) is 6.61 Å². The third-order valence-corrected chi connectivity index (χ3v) is 7.91. The van der Waals surface area contributed by atoms with Crippen LogP contribution < -0.4 is 4.74 Å². The van der Waals surface area contributed by atoms with Crippen LogP contribution in [0.2, 0.25) is 0 Å². The molecule has 3 rings (SSSR count). The van der Waals surface area contributed by atoms with Gasteiger partial charge in [0.15, 0.2) is 11.6 Å². The third-order valence-electron chi connectivity index (χ3n) is 7.91. The summed E-state index contributed by atoms with van der Waals surface area (Å²) in [5, 5.41) is 9.90. The van der Waals surface area contributed by atoms with Gasteiger partial charge in [-0.15, -0.1) is 0 Å². The highest BCUT2D eigenvalue weighted by Crippen LogP contribution is 2.32. The second-order valence-corrected chi connectivity index (χ2v) is 10.8. The largest absolute Gasteiger partial charge is 0.490 e. The molecule has 0 radical (unpaired) electrons. The molecule has 0 unspecified atom stereocenters. The predicted molar refractivity (Wildman–Crippen MR) is 146 cm³/mol. The number of nitrogens with zero attached hydrogens (tertiary/aromatic N) is 2. The Kier molecular flexibility index (Phi) is 11.7. The standard InChI is InChI=1S/C31H46N2O3/c1-3-4-5-12-21-31(2,30(34)35)27-19-17-26(18-20-27)29-32-23-28(24-33-29)36-22-13-8-6-7-9-14-25-15-10-11-16-25/h17-20,23-25H,3-16,21-22H2,1-2H3,(H,34,35)/t31-/m0/s1. The molecular formula is C31H46N2O3. The molecular weight excluding hydrogens is 448 g/mol. The number of rotatable bonds is 17. The second kappa shape index (κ2) is 15.0. The van der Waals surface area contributed by atoms with Gasteiger partial charge in [0.1, 0.15) is 0 Å². The molecule has 0 amide bonds. The number of aliphatic carboxylic acids is 1. The third kappa shape index (κ3) is 8.60. The normalized spacial score (nSPS) is 15.6. The van der Waals surface area contributed by atoms with Gasteiger partial charge in [-0.05, 0) is 31.2 Å². The Morgan fingerprint density at radius 1 is 0.944 bits per heavy atom. The van der Waals surface area contributed by atoms with Gasteiger partial charge in [-0.25, -0.2) is 9.97 Å². The summed E-state index contributed by atoms with van der Waals surface area (Å²) in [6.45, 7) is 4.69. The topological polar surface area (TPSA) is 72.3 Å². The number of ether oxygens (including phenoxy) is 1. The fourth-order valence-corrected chi connectivity index (χ4v) is 5.36. The van der Waals surface area contributed by atoms with Gasteiger partial charge in [0, 0.05) is 5.56 Å². The molecule has 1 aromatic carbocycles. The second-order valence-electron chi connectivity index (χ2n) is 10.8. The summed E-state index contributed by atoms with van der Waals surface area (Å²) in [6.07, 6.45) is 21.9. The van der Waals surface area contributed by atoms with Crippen molar-refractivity contribution < 1.29 is 14.6 Å². The van der Waals surface area contributed by atoms with E-state index in [1.807, 2.05) is 31.2 Å². The molecule has 1 fully saturated rings. The van der Waals surface area contributed by atoms with Gasteiger partial charge in [0.25, 0.3) is 0 Å². The molecule has 1 aromatic heterocycles. The Balaban J connectivity index is 1.40. The van der Waals surface area contributed by atoms with E-state index in [4.69, 9.17) is 4.74 Å². The van der Waals surface area contributed by atoms with Crippen molar-refractivity contribution in [3.05, 3.63) is 42.2 Å². The zero-order valence-corrected chi connectivity index (χ0v) is 22.5. The Morgan fingerprint density at radius 2 is 1.58 bits per heavy atom. The van der Waals surface area contributed by atoms with E-state index in [0.29, 0.717) is 24.6 Å². The molecule has 0 saturated heterocycles. The number of carboxylic acids is 1. The molecule has 5 heteroatoms. The quantitative estimate of drug-likeness (QED) is 0.224. The summed E-state index contributed by atoms with van der Waals surface area (Å²) in [6, 6.07) is 7.66. The first-order valence-corrected chi connectivity index (χ1v) is 14.3. The van der Waals surface area contributed by atoms with Gasteiger partial charge in [-0.1, -0.05) is 115 Å². The summed E-state index contributed by atoms with van der Waals surface area (Å²) in [5.41, 5.74) is 0.830. The lowest BCUT2D eigenvalue weighted by molar-refractivity contribution is -0.143. The van der Waals surface area contributed by atoms with Crippen molar-refractivity contribution in [3.63, 3.8) is 0 Å². The lowest BCUT2D eigenvalue weighted by Gasteiger charge is -2.25. The molecule has 1 aliphatic carbocycles. The molecule has 2 aromatic rings. The van der Waals surface area contributed by atoms with Crippen LogP contribution in [0.5, 0.6) is 5.75 Å². The van der Waals surface area contributed by atoms with Crippen molar-refractivity contribution in [2.24, 2.45) is 5.92 Å². The minimum Gasteiger partial charge on any atom is -0.490 e. The molecule has 0 bridgehead atoms. The molecule has 1 saturated carbocycles. The molecule has 1 heterocycles. The van der Waals surface area contributed by atoms with E-state index < -0.39 is 11.4 Å². The summed E-state index contributed by atoms with van der Waals surface area (Å²) in [4.78, 5) is 21.0. The highest BCUT2D eigenvalue weighted by Gasteiger charge is 2.34. The van der Waals surface area contributed by atoms with Crippen LogP contribution in [0.25, 0.3) is 11.4 Å². The summed E-state index contributed by atoms with van der Waals surface area (Å²) >= 11 is 0. The average molecular weight is 495 g/mol. The maximum atomic E-state index is 12.1. The van der Waals surface area contributed by atoms with Crippen LogP contribution >= 0.6 is 0 Å². The molecule has 198 valence electrons. The van der Waals surface area contributed by atoms with Gasteiger partial charge in [0.2, 0.25) is 0 Å². The number of hydrogen-bond donors (Lipinski definition) is 1. The van der Waals surface area contributed by atoms with Crippen molar-refractivity contribution in [3.8, 4) is 17.1 Å². The van der Waals surface area contributed by atoms with Crippen LogP contribution in [0.15, 0.2) is 36.7 Å². The van der Waals surface area contributed by atoms with E-state index in [1.165, 1.54) is 57.8 Å². The van der Waals surface area contributed by atoms with Gasteiger partial charge < -0.3 is 9.84 Å². The SMILES string of the molecule is CCCCCC[C@](C)(C(=O)O)c1ccc(-c2ncc(OCCCCCCCC3CCCC3)cn2)cc1. The van der Waals surface area contributed by atoms with E-state index in [0.717, 1.165) is 49.1 Å². The smallest absolute Gasteiger partial charge is 0.313 e. The monoisotopic (exact) mass is 494 g/mol. The summed E-state index contributed by atoms with van der Waals surface area (Å²) < 4.78 is 5.84. The first kappa shape index (κ1) is 28.1. The van der Waals surface area contributed by atoms with Crippen molar-refractivity contribution >= 4 is 5.97 Å². The highest BCUT2D eigenvalue weighted by molar-refractivity contribution is 5.81. The molecule has 36 heavy (non-hydrogen) atoms. The van der Waals surface area contributed by atoms with Crippen molar-refractivity contribution in [2.45, 2.75) is 116 Å². The zero-order valence-electron chi connectivity index (χ0n) is 22.5. The zero-order chi connectivity index (χ0) is 25.6. The molecule has 1 atom stereocenters. The van der Waals surface area contributed by atoms with E-state index in [9.17, 15) is 9.90 Å². The summed E-state index contributed by atoms with van der Waals surface area (Å²) in [7, 11) is 0. The molecule has 0 spiro atoms. The van der Waals surface area contributed by atoms with E-state index in [2.05, 4.69) is 16.9 Å². The number of carbonyl (C=O) groups is 1. The maximum absolute atomic E-state index is 12.1. The van der Waals surface area contributed by atoms with Crippen LogP contribution in [0.1, 0.15) is 116 Å². The fourth-order valence-electron chi connectivity index (χ4n) is 5.36. The minimum absolute atomic E-state index is 0.621. The van der Waals surface area contributed by atoms with E-state index >= 15 is 0 Å². The molecule has 0 aliphatic heterocycles. The first-order valence-electron chi connectivity index (χ1n) is 14.3. The van der Waals surface area contributed by atoms with Crippen LogP contribution in [-0.2, 0) is 10.2 Å². The van der Waals surface area contributed by atoms with Crippen LogP contribution in [0, 0.1) is 5.92 Å². The molecule has 5 nitrogen and oxygen atoms in total. The first-order chi connectivity index (χ1) is 17.5. The Hall–Kier alpha value is -2.43. The van der Waals surface area contributed by atoms with Crippen molar-refractivity contribution in [1.82, 2.24) is 9.97 Å². The lowest BCUT2D eigenvalue weighted by atomic mass is 9.78. The summed E-state index contributed by atoms with van der Waals surface area (Å²) in [5.74, 6) is 1.56. The van der Waals surface area contributed by atoms with E-state index in [-0.39, 0.29) is 0 Å².